The van der Waals surface area contributed by atoms with Crippen molar-refractivity contribution in [2.75, 3.05) is 32.6 Å². The molecule has 2 aromatic rings. The maximum Gasteiger partial charge on any atom is 0.417 e. The third kappa shape index (κ3) is 4.35. The van der Waals surface area contributed by atoms with Gasteiger partial charge in [-0.1, -0.05) is 23.7 Å². The number of aromatic nitrogens is 1. The number of fused-ring (bicyclic) bond motifs is 1. The van der Waals surface area contributed by atoms with Crippen LogP contribution in [-0.4, -0.2) is 60.1 Å². The molecule has 176 valence electrons. The number of benzene rings is 1. The molecule has 0 radical (unpaired) electrons. The number of nitrogens with zero attached hydrogens (tertiary/aromatic N) is 3. The number of halogens is 4. The molecule has 3 heterocycles. The Morgan fingerprint density at radius 1 is 1.21 bits per heavy atom. The van der Waals surface area contributed by atoms with E-state index in [1.165, 1.54) is 5.06 Å². The molecular formula is C21H20ClF3N4O4. The number of rotatable bonds is 6. The van der Waals surface area contributed by atoms with Crippen molar-refractivity contribution in [3.05, 3.63) is 52.7 Å². The summed E-state index contributed by atoms with van der Waals surface area (Å²) in [4.78, 5) is 36.4. The highest BCUT2D eigenvalue weighted by Gasteiger charge is 2.58. The van der Waals surface area contributed by atoms with E-state index in [1.54, 1.807) is 26.3 Å². The summed E-state index contributed by atoms with van der Waals surface area (Å²) in [5.41, 5.74) is -0.172. The molecule has 1 aromatic heterocycles. The lowest BCUT2D eigenvalue weighted by Crippen LogP contribution is -2.39. The number of carbonyl (C=O) groups is 2. The van der Waals surface area contributed by atoms with Crippen molar-refractivity contribution in [3.8, 4) is 5.75 Å². The Kier molecular flexibility index (Phi) is 6.21. The van der Waals surface area contributed by atoms with Crippen LogP contribution in [0.5, 0.6) is 5.75 Å². The van der Waals surface area contributed by atoms with Gasteiger partial charge in [-0.05, 0) is 23.8 Å². The zero-order valence-corrected chi connectivity index (χ0v) is 18.4. The fourth-order valence-electron chi connectivity index (χ4n) is 4.06. The van der Waals surface area contributed by atoms with E-state index in [-0.39, 0.29) is 29.8 Å². The maximum absolute atomic E-state index is 13.1. The first-order chi connectivity index (χ1) is 15.6. The minimum atomic E-state index is -4.56. The molecule has 2 aliphatic heterocycles. The Morgan fingerprint density at radius 3 is 2.52 bits per heavy atom. The minimum Gasteiger partial charge on any atom is -0.497 e. The van der Waals surface area contributed by atoms with Crippen molar-refractivity contribution in [3.63, 3.8) is 0 Å². The van der Waals surface area contributed by atoms with Crippen molar-refractivity contribution in [2.24, 2.45) is 5.92 Å². The number of pyridine rings is 1. The van der Waals surface area contributed by atoms with Gasteiger partial charge in [-0.15, -0.1) is 0 Å². The van der Waals surface area contributed by atoms with Crippen LogP contribution >= 0.6 is 11.6 Å². The first-order valence-electron chi connectivity index (χ1n) is 9.97. The number of alkyl halides is 3. The summed E-state index contributed by atoms with van der Waals surface area (Å²) in [5.74, 6) is -0.891. The van der Waals surface area contributed by atoms with E-state index in [2.05, 4.69) is 10.3 Å². The Balaban J connectivity index is 1.43. The van der Waals surface area contributed by atoms with Gasteiger partial charge in [-0.25, -0.2) is 4.98 Å². The van der Waals surface area contributed by atoms with Crippen LogP contribution < -0.4 is 10.1 Å². The molecule has 2 aliphatic rings. The summed E-state index contributed by atoms with van der Waals surface area (Å²) in [7, 11) is 3.21. The van der Waals surface area contributed by atoms with Crippen LogP contribution in [0.25, 0.3) is 0 Å². The predicted molar refractivity (Wildman–Crippen MR) is 111 cm³/mol. The molecule has 0 saturated carbocycles. The van der Waals surface area contributed by atoms with E-state index in [4.69, 9.17) is 21.2 Å². The maximum atomic E-state index is 13.1. The lowest BCUT2D eigenvalue weighted by atomic mass is 9.91. The largest absolute Gasteiger partial charge is 0.497 e. The number of hydroxylamine groups is 2. The third-order valence-corrected chi connectivity index (χ3v) is 5.94. The quantitative estimate of drug-likeness (QED) is 0.631. The average molecular weight is 485 g/mol. The van der Waals surface area contributed by atoms with E-state index in [1.807, 2.05) is 12.1 Å². The number of hydrogen-bond acceptors (Lipinski definition) is 7. The molecule has 0 unspecified atom stereocenters. The molecule has 2 fully saturated rings. The van der Waals surface area contributed by atoms with E-state index >= 15 is 0 Å². The second-order valence-electron chi connectivity index (χ2n) is 7.62. The molecule has 3 atom stereocenters. The van der Waals surface area contributed by atoms with Crippen molar-refractivity contribution >= 4 is 29.2 Å². The fraction of sp³-hybridized carbons (Fsp3) is 0.381. The van der Waals surface area contributed by atoms with Gasteiger partial charge in [0, 0.05) is 26.3 Å². The smallest absolute Gasteiger partial charge is 0.417 e. The molecule has 4 rings (SSSR count). The van der Waals surface area contributed by atoms with Gasteiger partial charge >= 0.3 is 6.18 Å². The van der Waals surface area contributed by atoms with Gasteiger partial charge in [0.05, 0.1) is 29.7 Å². The molecule has 1 aromatic carbocycles. The third-order valence-electron chi connectivity index (χ3n) is 5.65. The Hall–Kier alpha value is -2.89. The number of hydrogen-bond donors (Lipinski definition) is 1. The highest BCUT2D eigenvalue weighted by molar-refractivity contribution is 6.33. The number of carbonyl (C=O) groups excluding carboxylic acids is 2. The summed E-state index contributed by atoms with van der Waals surface area (Å²) in [6.45, 7) is 0.0319. The van der Waals surface area contributed by atoms with Crippen LogP contribution in [0, 0.1) is 5.92 Å². The first kappa shape index (κ1) is 23.3. The van der Waals surface area contributed by atoms with Gasteiger partial charge in [0.2, 0.25) is 5.91 Å². The fourth-order valence-corrected chi connectivity index (χ4v) is 4.29. The zero-order valence-electron chi connectivity index (χ0n) is 17.6. The molecule has 8 nitrogen and oxygen atoms in total. The van der Waals surface area contributed by atoms with Gasteiger partial charge in [0.25, 0.3) is 5.91 Å². The molecule has 2 amide bonds. The number of methoxy groups -OCH3 is 1. The molecular weight excluding hydrogens is 465 g/mol. The van der Waals surface area contributed by atoms with Crippen LogP contribution in [-0.2, 0) is 20.6 Å². The average Bonchev–Trinajstić information content (AvgIpc) is 3.23. The van der Waals surface area contributed by atoms with Gasteiger partial charge in [0.15, 0.2) is 6.10 Å². The van der Waals surface area contributed by atoms with Crippen molar-refractivity contribution in [1.29, 1.82) is 0 Å². The first-order valence-corrected chi connectivity index (χ1v) is 10.3. The topological polar surface area (TPSA) is 84.0 Å². The lowest BCUT2D eigenvalue weighted by Gasteiger charge is -2.24. The van der Waals surface area contributed by atoms with Gasteiger partial charge in [0.1, 0.15) is 11.6 Å². The second kappa shape index (κ2) is 8.81. The SMILES string of the molecule is COc1ccc([C@H]2[C@H]3C(=O)N(CCNc4ncc(C(F)(F)F)cc4Cl)C(=O)[C@@H]3ON2C)cc1. The molecule has 0 aliphatic carbocycles. The molecule has 0 spiro atoms. The normalized spacial score (nSPS) is 23.2. The Morgan fingerprint density at radius 2 is 1.91 bits per heavy atom. The summed E-state index contributed by atoms with van der Waals surface area (Å²) in [5, 5.41) is 4.06. The number of likely N-dealkylation sites (tertiary alicyclic amines) is 1. The standard InChI is InChI=1S/C21H20ClF3N4O4/c1-28-16(11-3-5-13(32-2)6-4-11)15-17(33-28)20(31)29(19(15)30)8-7-26-18-14(22)9-12(10-27-18)21(23,24)25/h3-6,9-10,15-17H,7-8H2,1-2H3,(H,26,27)/t15-,16+,17-/m1/s1. The minimum absolute atomic E-state index is 0.0217. The highest BCUT2D eigenvalue weighted by Crippen LogP contribution is 2.43. The predicted octanol–water partition coefficient (Wildman–Crippen LogP) is 3.15. The van der Waals surface area contributed by atoms with Crippen LogP contribution in [0.15, 0.2) is 36.5 Å². The van der Waals surface area contributed by atoms with Crippen molar-refractivity contribution in [2.45, 2.75) is 18.3 Å². The van der Waals surface area contributed by atoms with Gasteiger partial charge < -0.3 is 10.1 Å². The van der Waals surface area contributed by atoms with Gasteiger partial charge in [-0.2, -0.15) is 18.2 Å². The molecule has 2 saturated heterocycles. The number of ether oxygens (including phenoxy) is 1. The summed E-state index contributed by atoms with van der Waals surface area (Å²) in [6, 6.07) is 7.45. The van der Waals surface area contributed by atoms with Gasteiger partial charge in [-0.3, -0.25) is 19.3 Å². The number of amides is 2. The number of imide groups is 1. The Bertz CT molecular complexity index is 1070. The van der Waals surface area contributed by atoms with Crippen LogP contribution in [0.4, 0.5) is 19.0 Å². The van der Waals surface area contributed by atoms with Crippen LogP contribution in [0.1, 0.15) is 17.2 Å². The van der Waals surface area contributed by atoms with E-state index < -0.39 is 35.7 Å². The van der Waals surface area contributed by atoms with Crippen LogP contribution in [0.3, 0.4) is 0 Å². The Labute approximate surface area is 192 Å². The summed E-state index contributed by atoms with van der Waals surface area (Å²) in [6.07, 6.45) is -4.84. The molecule has 12 heteroatoms. The lowest BCUT2D eigenvalue weighted by molar-refractivity contribution is -0.169. The molecule has 33 heavy (non-hydrogen) atoms. The highest BCUT2D eigenvalue weighted by atomic mass is 35.5. The molecule has 0 bridgehead atoms. The van der Waals surface area contributed by atoms with Crippen molar-refractivity contribution < 1.29 is 32.3 Å². The van der Waals surface area contributed by atoms with Crippen molar-refractivity contribution in [1.82, 2.24) is 14.9 Å². The zero-order chi connectivity index (χ0) is 23.9. The van der Waals surface area contributed by atoms with E-state index in [9.17, 15) is 22.8 Å². The monoisotopic (exact) mass is 484 g/mol. The van der Waals surface area contributed by atoms with E-state index in [0.717, 1.165) is 16.5 Å². The van der Waals surface area contributed by atoms with Crippen LogP contribution in [0.2, 0.25) is 5.02 Å². The van der Waals surface area contributed by atoms with E-state index in [0.29, 0.717) is 11.9 Å². The number of nitrogens with one attached hydrogen (secondary N) is 1. The number of anilines is 1. The molecule has 1 N–H and O–H groups in total. The summed E-state index contributed by atoms with van der Waals surface area (Å²) >= 11 is 5.88. The summed E-state index contributed by atoms with van der Waals surface area (Å²) < 4.78 is 43.4. The second-order valence-corrected chi connectivity index (χ2v) is 8.03.